The molecule has 0 bridgehead atoms. The predicted octanol–water partition coefficient (Wildman–Crippen LogP) is 14.5. The maximum Gasteiger partial charge on any atom is 0.472 e. The van der Waals surface area contributed by atoms with Gasteiger partial charge in [-0.1, -0.05) is 224 Å². The summed E-state index contributed by atoms with van der Waals surface area (Å²) >= 11 is 0. The van der Waals surface area contributed by atoms with E-state index in [9.17, 15) is 19.4 Å². The van der Waals surface area contributed by atoms with Crippen LogP contribution in [0, 0.1) is 0 Å². The summed E-state index contributed by atoms with van der Waals surface area (Å²) < 4.78 is 23.6. The van der Waals surface area contributed by atoms with E-state index in [2.05, 4.69) is 31.3 Å². The summed E-state index contributed by atoms with van der Waals surface area (Å²) in [7, 11) is 1.56. The maximum absolute atomic E-state index is 12.9. The predicted molar refractivity (Wildman–Crippen MR) is 254 cm³/mol. The Kier molecular flexibility index (Phi) is 41.6. The molecule has 8 nitrogen and oxygen atoms in total. The summed E-state index contributed by atoms with van der Waals surface area (Å²) in [5, 5.41) is 13.9. The van der Waals surface area contributed by atoms with Gasteiger partial charge < -0.3 is 19.8 Å². The van der Waals surface area contributed by atoms with Crippen molar-refractivity contribution in [3.05, 3.63) is 24.3 Å². The number of nitrogens with zero attached hydrogens (tertiary/aromatic N) is 1. The number of rotatable bonds is 46. The van der Waals surface area contributed by atoms with Gasteiger partial charge in [-0.2, -0.15) is 0 Å². The molecule has 0 radical (unpaired) electrons. The SMILES string of the molecule is CCCCCCCCCCCCCCCCCC/C=C/CC/C=C/C(O)C(COP(=O)(O)OCC[N+](C)(C)C)NC(=O)CCCCCCCCCCCCCCCCC. The molecule has 0 aliphatic heterocycles. The van der Waals surface area contributed by atoms with Crippen LogP contribution >= 0.6 is 7.82 Å². The lowest BCUT2D eigenvalue weighted by molar-refractivity contribution is -0.870. The number of aliphatic hydroxyl groups excluding tert-OH is 1. The minimum absolute atomic E-state index is 0.0585. The van der Waals surface area contributed by atoms with E-state index in [0.717, 1.165) is 38.5 Å². The van der Waals surface area contributed by atoms with Gasteiger partial charge in [-0.05, 0) is 32.1 Å². The van der Waals surface area contributed by atoms with E-state index in [1.165, 1.54) is 180 Å². The number of hydrogen-bond acceptors (Lipinski definition) is 5. The van der Waals surface area contributed by atoms with Crippen LogP contribution in [0.1, 0.15) is 239 Å². The summed E-state index contributed by atoms with van der Waals surface area (Å²) in [6, 6.07) is -0.858. The molecule has 9 heteroatoms. The molecule has 3 unspecified atom stereocenters. The van der Waals surface area contributed by atoms with Crippen LogP contribution in [-0.4, -0.2) is 73.4 Å². The van der Waals surface area contributed by atoms with E-state index >= 15 is 0 Å². The van der Waals surface area contributed by atoms with Crippen LogP contribution in [-0.2, 0) is 18.4 Å². The highest BCUT2D eigenvalue weighted by Crippen LogP contribution is 2.43. The Bertz CT molecular complexity index is 1020. The number of likely N-dealkylation sites (N-methyl/N-ethyl adjacent to an activating group) is 1. The van der Waals surface area contributed by atoms with Crippen LogP contribution in [0.5, 0.6) is 0 Å². The van der Waals surface area contributed by atoms with Crippen molar-refractivity contribution in [3.8, 4) is 0 Å². The van der Waals surface area contributed by atoms with Crippen LogP contribution in [0.25, 0.3) is 0 Å². The summed E-state index contributed by atoms with van der Waals surface area (Å²) in [4.78, 5) is 23.2. The van der Waals surface area contributed by atoms with E-state index in [4.69, 9.17) is 9.05 Å². The Morgan fingerprint density at radius 1 is 0.559 bits per heavy atom. The van der Waals surface area contributed by atoms with Crippen molar-refractivity contribution in [3.63, 3.8) is 0 Å². The molecule has 0 aliphatic rings. The molecule has 350 valence electrons. The van der Waals surface area contributed by atoms with Gasteiger partial charge in [-0.15, -0.1) is 0 Å². The molecule has 0 aliphatic carbocycles. The number of phosphoric ester groups is 1. The molecule has 0 aromatic heterocycles. The largest absolute Gasteiger partial charge is 0.472 e. The van der Waals surface area contributed by atoms with Gasteiger partial charge in [0.25, 0.3) is 0 Å². The molecule has 0 aromatic carbocycles. The number of allylic oxidation sites excluding steroid dienone is 3. The molecular weight excluding hydrogens is 756 g/mol. The number of aliphatic hydroxyl groups is 1. The summed E-state index contributed by atoms with van der Waals surface area (Å²) in [5.74, 6) is -0.184. The normalized spacial score (nSPS) is 14.4. The Balaban J connectivity index is 4.34. The van der Waals surface area contributed by atoms with Gasteiger partial charge in [0.05, 0.1) is 39.9 Å². The van der Waals surface area contributed by atoms with E-state index in [0.29, 0.717) is 17.4 Å². The molecule has 3 atom stereocenters. The maximum atomic E-state index is 12.9. The van der Waals surface area contributed by atoms with Crippen molar-refractivity contribution in [1.82, 2.24) is 5.32 Å². The third kappa shape index (κ3) is 44.8. The Morgan fingerprint density at radius 2 is 0.932 bits per heavy atom. The number of amides is 1. The molecule has 1 amide bonds. The van der Waals surface area contributed by atoms with Gasteiger partial charge in [0.2, 0.25) is 5.91 Å². The van der Waals surface area contributed by atoms with Gasteiger partial charge in [0.1, 0.15) is 13.2 Å². The Hall–Kier alpha value is -1.02. The molecule has 0 saturated carbocycles. The zero-order valence-electron chi connectivity index (χ0n) is 39.8. The second-order valence-corrected chi connectivity index (χ2v) is 20.0. The van der Waals surface area contributed by atoms with Crippen LogP contribution in [0.15, 0.2) is 24.3 Å². The van der Waals surface area contributed by atoms with Gasteiger partial charge >= 0.3 is 7.82 Å². The first-order valence-corrected chi connectivity index (χ1v) is 26.7. The molecule has 0 rings (SSSR count). The highest BCUT2D eigenvalue weighted by Gasteiger charge is 2.27. The van der Waals surface area contributed by atoms with Crippen molar-refractivity contribution in [2.75, 3.05) is 40.9 Å². The number of carbonyl (C=O) groups is 1. The van der Waals surface area contributed by atoms with Gasteiger partial charge in [-0.3, -0.25) is 13.8 Å². The highest BCUT2D eigenvalue weighted by atomic mass is 31.2. The molecule has 0 fully saturated rings. The van der Waals surface area contributed by atoms with Crippen molar-refractivity contribution in [1.29, 1.82) is 0 Å². The lowest BCUT2D eigenvalue weighted by Gasteiger charge is -2.25. The van der Waals surface area contributed by atoms with Crippen molar-refractivity contribution in [2.45, 2.75) is 251 Å². The Morgan fingerprint density at radius 3 is 1.36 bits per heavy atom. The smallest absolute Gasteiger partial charge is 0.387 e. The third-order valence-corrected chi connectivity index (χ3v) is 12.4. The minimum Gasteiger partial charge on any atom is -0.387 e. The van der Waals surface area contributed by atoms with E-state index in [-0.39, 0.29) is 19.1 Å². The third-order valence-electron chi connectivity index (χ3n) is 11.4. The molecule has 59 heavy (non-hydrogen) atoms. The number of nitrogens with one attached hydrogen (secondary N) is 1. The fourth-order valence-electron chi connectivity index (χ4n) is 7.41. The lowest BCUT2D eigenvalue weighted by atomic mass is 10.0. The topological polar surface area (TPSA) is 105 Å². The first kappa shape index (κ1) is 58.0. The number of hydrogen-bond donors (Lipinski definition) is 3. The standard InChI is InChI=1S/C50H99N2O6P/c1-6-8-10-12-14-16-18-20-22-23-24-25-26-27-28-30-31-33-35-37-39-41-43-49(53)48(47-58-59(55,56)57-46-45-52(3,4)5)51-50(54)44-42-40-38-36-34-32-29-21-19-17-15-13-11-9-7-2/h33,35,41,43,48-49,53H,6-32,34,36-40,42,44-47H2,1-5H3,(H-,51,54,55,56)/p+1/b35-33+,43-41+. The molecule has 0 saturated heterocycles. The second-order valence-electron chi connectivity index (χ2n) is 18.5. The van der Waals surface area contributed by atoms with Crippen molar-refractivity contribution >= 4 is 13.7 Å². The highest BCUT2D eigenvalue weighted by molar-refractivity contribution is 7.47. The number of carbonyl (C=O) groups excluding carboxylic acids is 1. The van der Waals surface area contributed by atoms with Crippen molar-refractivity contribution in [2.24, 2.45) is 0 Å². The van der Waals surface area contributed by atoms with E-state index in [1.807, 2.05) is 27.2 Å². The fourth-order valence-corrected chi connectivity index (χ4v) is 8.15. The lowest BCUT2D eigenvalue weighted by Crippen LogP contribution is -2.45. The number of quaternary nitrogens is 1. The zero-order chi connectivity index (χ0) is 43.6. The van der Waals surface area contributed by atoms with E-state index < -0.39 is 20.0 Å². The van der Waals surface area contributed by atoms with Crippen LogP contribution < -0.4 is 5.32 Å². The molecule has 0 heterocycles. The van der Waals surface area contributed by atoms with Gasteiger partial charge in [-0.25, -0.2) is 4.57 Å². The molecule has 0 spiro atoms. The zero-order valence-corrected chi connectivity index (χ0v) is 40.7. The van der Waals surface area contributed by atoms with Crippen LogP contribution in [0.4, 0.5) is 0 Å². The minimum atomic E-state index is -4.34. The Labute approximate surface area is 366 Å². The average molecular weight is 856 g/mol. The van der Waals surface area contributed by atoms with E-state index in [1.54, 1.807) is 6.08 Å². The number of phosphoric acid groups is 1. The van der Waals surface area contributed by atoms with Crippen LogP contribution in [0.3, 0.4) is 0 Å². The average Bonchev–Trinajstić information content (AvgIpc) is 3.19. The van der Waals surface area contributed by atoms with Gasteiger partial charge in [0, 0.05) is 6.42 Å². The second kappa shape index (κ2) is 42.3. The quantitative estimate of drug-likeness (QED) is 0.0244. The first-order chi connectivity index (χ1) is 28.5. The summed E-state index contributed by atoms with van der Waals surface area (Å²) in [6.45, 7) is 4.82. The summed E-state index contributed by atoms with van der Waals surface area (Å²) in [5.41, 5.74) is 0. The van der Waals surface area contributed by atoms with Gasteiger partial charge in [0.15, 0.2) is 0 Å². The molecular formula is C50H100N2O6P+. The first-order valence-electron chi connectivity index (χ1n) is 25.2. The molecule has 0 aromatic rings. The van der Waals surface area contributed by atoms with Crippen LogP contribution in [0.2, 0.25) is 0 Å². The van der Waals surface area contributed by atoms with Crippen molar-refractivity contribution < 1.29 is 32.9 Å². The summed E-state index contributed by atoms with van der Waals surface area (Å²) in [6.07, 6.45) is 51.2. The fraction of sp³-hybridized carbons (Fsp3) is 0.900. The molecule has 3 N–H and O–H groups in total. The monoisotopic (exact) mass is 856 g/mol. The number of unbranched alkanes of at least 4 members (excludes halogenated alkanes) is 31.